The monoisotopic (exact) mass is 390 g/mol. The molecule has 0 bridgehead atoms. The summed E-state index contributed by atoms with van der Waals surface area (Å²) in [6, 6.07) is 5.42. The molecule has 2 aromatic heterocycles. The first-order valence-corrected chi connectivity index (χ1v) is 10.9. The van der Waals surface area contributed by atoms with E-state index in [9.17, 15) is 18.0 Å². The molecule has 9 heteroatoms. The van der Waals surface area contributed by atoms with Crippen LogP contribution in [-0.4, -0.2) is 58.8 Å². The number of nitrogens with zero attached hydrogens (tertiary/aromatic N) is 4. The number of rotatable bonds is 2. The number of fused-ring (bicyclic) bond motifs is 2. The zero-order chi connectivity index (χ0) is 19.2. The molecular weight excluding hydrogens is 368 g/mol. The van der Waals surface area contributed by atoms with Crippen molar-refractivity contribution in [2.24, 2.45) is 5.92 Å². The molecule has 1 amide bonds. The summed E-state index contributed by atoms with van der Waals surface area (Å²) in [6.07, 6.45) is 4.48. The zero-order valence-electron chi connectivity index (χ0n) is 15.2. The number of hydrogen-bond donors (Lipinski definition) is 0. The minimum absolute atomic E-state index is 0.00589. The Kier molecular flexibility index (Phi) is 4.51. The molecule has 2 aliphatic rings. The predicted octanol–water partition coefficient (Wildman–Crippen LogP) is 0.251. The Morgan fingerprint density at radius 1 is 1.19 bits per heavy atom. The van der Waals surface area contributed by atoms with E-state index in [1.165, 1.54) is 15.0 Å². The predicted molar refractivity (Wildman–Crippen MR) is 99.7 cm³/mol. The first-order chi connectivity index (χ1) is 12.8. The molecule has 0 saturated carbocycles. The average Bonchev–Trinajstić information content (AvgIpc) is 2.67. The van der Waals surface area contributed by atoms with Gasteiger partial charge in [0.25, 0.3) is 5.56 Å². The third-order valence-electron chi connectivity index (χ3n) is 5.46. The van der Waals surface area contributed by atoms with Gasteiger partial charge in [-0.1, -0.05) is 6.07 Å². The van der Waals surface area contributed by atoms with Crippen LogP contribution in [0.15, 0.2) is 29.2 Å². The molecule has 144 valence electrons. The molecule has 0 radical (unpaired) electrons. The van der Waals surface area contributed by atoms with Gasteiger partial charge in [0, 0.05) is 38.2 Å². The van der Waals surface area contributed by atoms with Gasteiger partial charge in [0.2, 0.25) is 15.9 Å². The number of amides is 1. The average molecular weight is 390 g/mol. The molecule has 27 heavy (non-hydrogen) atoms. The Hall–Kier alpha value is -2.26. The van der Waals surface area contributed by atoms with Gasteiger partial charge < -0.3 is 4.90 Å². The van der Waals surface area contributed by atoms with Crippen molar-refractivity contribution in [2.45, 2.75) is 25.8 Å². The molecule has 0 aromatic carbocycles. The summed E-state index contributed by atoms with van der Waals surface area (Å²) in [6.45, 7) is 1.54. The SMILES string of the molecule is CS(=O)(=O)N1CCC(C(=O)N2CCc3nc4ccccn4c(=O)c3C2)CC1. The van der Waals surface area contributed by atoms with Crippen LogP contribution in [0.25, 0.3) is 5.65 Å². The molecule has 2 aliphatic heterocycles. The van der Waals surface area contributed by atoms with Crippen molar-refractivity contribution >= 4 is 21.6 Å². The molecule has 4 rings (SSSR count). The second-order valence-corrected chi connectivity index (χ2v) is 9.20. The fourth-order valence-corrected chi connectivity index (χ4v) is 4.80. The topological polar surface area (TPSA) is 92.1 Å². The van der Waals surface area contributed by atoms with E-state index in [4.69, 9.17) is 0 Å². The number of hydrogen-bond acceptors (Lipinski definition) is 5. The molecule has 0 N–H and O–H groups in total. The molecule has 0 unspecified atom stereocenters. The Morgan fingerprint density at radius 2 is 1.93 bits per heavy atom. The van der Waals surface area contributed by atoms with Crippen LogP contribution < -0.4 is 5.56 Å². The lowest BCUT2D eigenvalue weighted by molar-refractivity contribution is -0.137. The van der Waals surface area contributed by atoms with E-state index in [1.807, 2.05) is 6.07 Å². The standard InChI is InChI=1S/C18H22N4O4S/c1-27(25,26)21-10-5-13(6-11-21)17(23)20-9-7-15-14(12-20)18(24)22-8-3-2-4-16(22)19-15/h2-4,8,13H,5-7,9-12H2,1H3. The van der Waals surface area contributed by atoms with Crippen LogP contribution in [0, 0.1) is 5.92 Å². The highest BCUT2D eigenvalue weighted by Crippen LogP contribution is 2.24. The third kappa shape index (κ3) is 3.37. The van der Waals surface area contributed by atoms with E-state index in [1.54, 1.807) is 23.2 Å². The highest BCUT2D eigenvalue weighted by Gasteiger charge is 2.33. The second-order valence-electron chi connectivity index (χ2n) is 7.22. The summed E-state index contributed by atoms with van der Waals surface area (Å²) < 4.78 is 26.2. The zero-order valence-corrected chi connectivity index (χ0v) is 16.0. The van der Waals surface area contributed by atoms with Gasteiger partial charge in [0.15, 0.2) is 0 Å². The Morgan fingerprint density at radius 3 is 2.63 bits per heavy atom. The van der Waals surface area contributed by atoms with Crippen LogP contribution in [0.5, 0.6) is 0 Å². The number of pyridine rings is 1. The second kappa shape index (κ2) is 6.72. The van der Waals surface area contributed by atoms with Crippen LogP contribution in [0.4, 0.5) is 0 Å². The maximum atomic E-state index is 12.9. The van der Waals surface area contributed by atoms with Gasteiger partial charge in [0.1, 0.15) is 5.65 Å². The molecule has 8 nitrogen and oxygen atoms in total. The van der Waals surface area contributed by atoms with Crippen LogP contribution in [0.1, 0.15) is 24.1 Å². The van der Waals surface area contributed by atoms with Crippen LogP contribution in [0.2, 0.25) is 0 Å². The summed E-state index contributed by atoms with van der Waals surface area (Å²) in [5, 5.41) is 0. The quantitative estimate of drug-likeness (QED) is 0.733. The molecule has 1 fully saturated rings. The minimum atomic E-state index is -3.21. The van der Waals surface area contributed by atoms with Crippen molar-refractivity contribution in [3.05, 3.63) is 46.0 Å². The summed E-state index contributed by atoms with van der Waals surface area (Å²) in [4.78, 5) is 32.0. The van der Waals surface area contributed by atoms with Gasteiger partial charge in [0.05, 0.1) is 24.1 Å². The summed E-state index contributed by atoms with van der Waals surface area (Å²) >= 11 is 0. The summed E-state index contributed by atoms with van der Waals surface area (Å²) in [5.41, 5.74) is 1.84. The number of sulfonamides is 1. The minimum Gasteiger partial charge on any atom is -0.337 e. The maximum absolute atomic E-state index is 12.9. The lowest BCUT2D eigenvalue weighted by atomic mass is 9.95. The summed E-state index contributed by atoms with van der Waals surface area (Å²) in [5.74, 6) is -0.188. The van der Waals surface area contributed by atoms with Crippen molar-refractivity contribution in [3.8, 4) is 0 Å². The van der Waals surface area contributed by atoms with Crippen molar-refractivity contribution in [2.75, 3.05) is 25.9 Å². The smallest absolute Gasteiger partial charge is 0.263 e. The van der Waals surface area contributed by atoms with Crippen molar-refractivity contribution in [3.63, 3.8) is 0 Å². The van der Waals surface area contributed by atoms with Gasteiger partial charge in [-0.25, -0.2) is 17.7 Å². The Bertz CT molecular complexity index is 1050. The Labute approximate surface area is 157 Å². The highest BCUT2D eigenvalue weighted by atomic mass is 32.2. The number of carbonyl (C=O) groups excluding carboxylic acids is 1. The van der Waals surface area contributed by atoms with Gasteiger partial charge in [-0.05, 0) is 25.0 Å². The largest absolute Gasteiger partial charge is 0.337 e. The first-order valence-electron chi connectivity index (χ1n) is 9.07. The fraction of sp³-hybridized carbons (Fsp3) is 0.500. The van der Waals surface area contributed by atoms with Crippen molar-refractivity contribution < 1.29 is 13.2 Å². The normalized spacial score (nSPS) is 19.2. The first kappa shape index (κ1) is 18.1. The summed E-state index contributed by atoms with van der Waals surface area (Å²) in [7, 11) is -3.21. The molecule has 0 aliphatic carbocycles. The van der Waals surface area contributed by atoms with Gasteiger partial charge >= 0.3 is 0 Å². The molecule has 0 spiro atoms. The van der Waals surface area contributed by atoms with E-state index in [0.717, 1.165) is 5.69 Å². The van der Waals surface area contributed by atoms with E-state index in [0.29, 0.717) is 50.1 Å². The van der Waals surface area contributed by atoms with E-state index < -0.39 is 10.0 Å². The van der Waals surface area contributed by atoms with Gasteiger partial charge in [-0.2, -0.15) is 0 Å². The van der Waals surface area contributed by atoms with E-state index in [-0.39, 0.29) is 23.9 Å². The van der Waals surface area contributed by atoms with Gasteiger partial charge in [-0.3, -0.25) is 14.0 Å². The van der Waals surface area contributed by atoms with Crippen LogP contribution >= 0.6 is 0 Å². The molecule has 2 aromatic rings. The van der Waals surface area contributed by atoms with E-state index in [2.05, 4.69) is 4.98 Å². The van der Waals surface area contributed by atoms with Crippen molar-refractivity contribution in [1.29, 1.82) is 0 Å². The molecule has 0 atom stereocenters. The van der Waals surface area contributed by atoms with Crippen molar-refractivity contribution in [1.82, 2.24) is 18.6 Å². The fourth-order valence-electron chi connectivity index (χ4n) is 3.93. The highest BCUT2D eigenvalue weighted by molar-refractivity contribution is 7.88. The number of aromatic nitrogens is 2. The molecular formula is C18H22N4O4S. The van der Waals surface area contributed by atoms with E-state index >= 15 is 0 Å². The molecule has 4 heterocycles. The van der Waals surface area contributed by atoms with Crippen LogP contribution in [0.3, 0.4) is 0 Å². The number of carbonyl (C=O) groups is 1. The third-order valence-corrected chi connectivity index (χ3v) is 6.77. The lowest BCUT2D eigenvalue weighted by Crippen LogP contribution is -2.46. The van der Waals surface area contributed by atoms with Crippen LogP contribution in [-0.2, 0) is 27.8 Å². The molecule has 1 saturated heterocycles. The Balaban J connectivity index is 1.52. The van der Waals surface area contributed by atoms with Gasteiger partial charge in [-0.15, -0.1) is 0 Å². The number of piperidine rings is 1. The maximum Gasteiger partial charge on any atom is 0.263 e. The lowest BCUT2D eigenvalue weighted by Gasteiger charge is -2.34.